The van der Waals surface area contributed by atoms with E-state index in [-0.39, 0.29) is 23.7 Å². The fourth-order valence-electron chi connectivity index (χ4n) is 4.54. The van der Waals surface area contributed by atoms with Gasteiger partial charge in [0.2, 0.25) is 0 Å². The van der Waals surface area contributed by atoms with E-state index in [1.54, 1.807) is 27.9 Å². The van der Waals surface area contributed by atoms with Crippen LogP contribution in [0.1, 0.15) is 66.7 Å². The van der Waals surface area contributed by atoms with E-state index in [4.69, 9.17) is 4.74 Å². The van der Waals surface area contributed by atoms with Crippen molar-refractivity contribution in [1.82, 2.24) is 14.7 Å². The molecule has 2 aromatic carbocycles. The fourth-order valence-corrected chi connectivity index (χ4v) is 4.54. The number of amides is 2. The van der Waals surface area contributed by atoms with Gasteiger partial charge < -0.3 is 15.0 Å². The molecule has 0 radical (unpaired) electrons. The molecule has 1 N–H and O–H groups in total. The van der Waals surface area contributed by atoms with E-state index >= 15 is 0 Å². The topological polar surface area (TPSA) is 76.5 Å². The van der Waals surface area contributed by atoms with E-state index in [0.29, 0.717) is 42.9 Å². The summed E-state index contributed by atoms with van der Waals surface area (Å²) in [4.78, 5) is 27.7. The van der Waals surface area contributed by atoms with Crippen molar-refractivity contribution < 1.29 is 18.7 Å². The minimum atomic E-state index is -0.566. The molecule has 3 aromatic rings. The molecular weight excluding hydrogens is 459 g/mol. The number of aromatic nitrogens is 2. The summed E-state index contributed by atoms with van der Waals surface area (Å²) in [7, 11) is 0. The van der Waals surface area contributed by atoms with Crippen LogP contribution in [-0.2, 0) is 4.74 Å². The summed E-state index contributed by atoms with van der Waals surface area (Å²) in [6.45, 7) is 10.5. The number of piperidine rings is 1. The van der Waals surface area contributed by atoms with Gasteiger partial charge in [0.05, 0.1) is 23.1 Å². The molecule has 0 spiro atoms. The first-order valence-electron chi connectivity index (χ1n) is 12.2. The molecule has 4 rings (SSSR count). The number of benzene rings is 2. The summed E-state index contributed by atoms with van der Waals surface area (Å²) in [5.74, 6) is -0.696. The number of carbonyl (C=O) groups excluding carboxylic acids is 2. The van der Waals surface area contributed by atoms with Crippen molar-refractivity contribution in [1.29, 1.82) is 0 Å². The highest BCUT2D eigenvalue weighted by Crippen LogP contribution is 2.33. The third-order valence-corrected chi connectivity index (χ3v) is 6.27. The molecule has 36 heavy (non-hydrogen) atoms. The Morgan fingerprint density at radius 2 is 1.81 bits per heavy atom. The lowest BCUT2D eigenvalue weighted by molar-refractivity contribution is 0.0203. The van der Waals surface area contributed by atoms with Crippen LogP contribution in [0.15, 0.2) is 48.7 Å². The van der Waals surface area contributed by atoms with Gasteiger partial charge in [0.25, 0.3) is 5.91 Å². The minimum absolute atomic E-state index is 0.0469. The largest absolute Gasteiger partial charge is 0.444 e. The number of aryl methyl sites for hydroxylation is 2. The number of halogens is 1. The van der Waals surface area contributed by atoms with Gasteiger partial charge in [-0.05, 0) is 77.3 Å². The molecule has 1 aliphatic heterocycles. The van der Waals surface area contributed by atoms with E-state index in [1.165, 1.54) is 12.1 Å². The van der Waals surface area contributed by atoms with Crippen molar-refractivity contribution in [3.8, 4) is 5.69 Å². The van der Waals surface area contributed by atoms with E-state index < -0.39 is 5.60 Å². The van der Waals surface area contributed by atoms with Crippen LogP contribution in [0, 0.1) is 19.7 Å². The third-order valence-electron chi connectivity index (χ3n) is 6.27. The Labute approximate surface area is 211 Å². The van der Waals surface area contributed by atoms with Gasteiger partial charge in [-0.2, -0.15) is 5.10 Å². The normalized spacial score (nSPS) is 14.6. The highest BCUT2D eigenvalue weighted by atomic mass is 19.1. The Morgan fingerprint density at radius 1 is 1.08 bits per heavy atom. The number of carbonyl (C=O) groups is 2. The molecular formula is C28H33FN4O3. The van der Waals surface area contributed by atoms with Crippen LogP contribution in [0.4, 0.5) is 14.9 Å². The molecule has 1 saturated heterocycles. The predicted molar refractivity (Wildman–Crippen MR) is 137 cm³/mol. The van der Waals surface area contributed by atoms with Crippen molar-refractivity contribution in [2.75, 3.05) is 18.4 Å². The first kappa shape index (κ1) is 25.4. The van der Waals surface area contributed by atoms with Gasteiger partial charge in [0, 0.05) is 24.7 Å². The average molecular weight is 493 g/mol. The van der Waals surface area contributed by atoms with E-state index in [0.717, 1.165) is 16.8 Å². The van der Waals surface area contributed by atoms with Crippen molar-refractivity contribution >= 4 is 17.7 Å². The second-order valence-electron chi connectivity index (χ2n) is 10.3. The minimum Gasteiger partial charge on any atom is -0.444 e. The lowest BCUT2D eigenvalue weighted by Crippen LogP contribution is -2.41. The Balaban J connectivity index is 1.63. The van der Waals surface area contributed by atoms with Crippen LogP contribution in [0.3, 0.4) is 0 Å². The first-order chi connectivity index (χ1) is 17.0. The van der Waals surface area contributed by atoms with Gasteiger partial charge in [-0.25, -0.2) is 13.9 Å². The Hall–Kier alpha value is -3.68. The number of nitrogens with zero attached hydrogens (tertiary/aromatic N) is 3. The van der Waals surface area contributed by atoms with Crippen molar-refractivity contribution in [3.05, 3.63) is 76.9 Å². The quantitative estimate of drug-likeness (QED) is 0.485. The monoisotopic (exact) mass is 492 g/mol. The molecule has 0 unspecified atom stereocenters. The van der Waals surface area contributed by atoms with Gasteiger partial charge in [0.15, 0.2) is 0 Å². The maximum absolute atomic E-state index is 14.1. The number of rotatable bonds is 4. The molecule has 0 atom stereocenters. The number of hydrogen-bond acceptors (Lipinski definition) is 4. The molecule has 2 heterocycles. The highest BCUT2D eigenvalue weighted by molar-refractivity contribution is 6.05. The molecule has 0 aliphatic carbocycles. The summed E-state index contributed by atoms with van der Waals surface area (Å²) in [6, 6.07) is 12.0. The van der Waals surface area contributed by atoms with Gasteiger partial charge in [-0.1, -0.05) is 23.8 Å². The molecule has 1 aromatic heterocycles. The van der Waals surface area contributed by atoms with Gasteiger partial charge >= 0.3 is 6.09 Å². The first-order valence-corrected chi connectivity index (χ1v) is 12.2. The smallest absolute Gasteiger partial charge is 0.410 e. The van der Waals surface area contributed by atoms with Crippen molar-refractivity contribution in [3.63, 3.8) is 0 Å². The average Bonchev–Trinajstić information content (AvgIpc) is 3.25. The molecule has 1 aliphatic rings. The van der Waals surface area contributed by atoms with E-state index in [1.807, 2.05) is 52.8 Å². The Kier molecular flexibility index (Phi) is 7.15. The lowest BCUT2D eigenvalue weighted by Gasteiger charge is -2.34. The van der Waals surface area contributed by atoms with Gasteiger partial charge in [-0.15, -0.1) is 0 Å². The maximum atomic E-state index is 14.1. The van der Waals surface area contributed by atoms with Crippen LogP contribution in [-0.4, -0.2) is 45.4 Å². The van der Waals surface area contributed by atoms with Gasteiger partial charge in [-0.3, -0.25) is 4.79 Å². The van der Waals surface area contributed by atoms with Crippen LogP contribution < -0.4 is 5.32 Å². The summed E-state index contributed by atoms with van der Waals surface area (Å²) in [6.07, 6.45) is 2.46. The van der Waals surface area contributed by atoms with E-state index in [2.05, 4.69) is 10.4 Å². The highest BCUT2D eigenvalue weighted by Gasteiger charge is 2.32. The number of nitrogens with one attached hydrogen (secondary N) is 1. The number of likely N-dealkylation sites (tertiary alicyclic amines) is 1. The Bertz CT molecular complexity index is 1270. The summed E-state index contributed by atoms with van der Waals surface area (Å²) in [5, 5.41) is 7.50. The second kappa shape index (κ2) is 10.1. The fraction of sp³-hybridized carbons (Fsp3) is 0.393. The Morgan fingerprint density at radius 3 is 2.44 bits per heavy atom. The number of ether oxygens (including phenoxy) is 1. The summed E-state index contributed by atoms with van der Waals surface area (Å²) < 4.78 is 21.2. The molecule has 8 heteroatoms. The zero-order chi connectivity index (χ0) is 26.0. The second-order valence-corrected chi connectivity index (χ2v) is 10.3. The molecule has 0 bridgehead atoms. The van der Waals surface area contributed by atoms with Crippen LogP contribution in [0.2, 0.25) is 0 Å². The van der Waals surface area contributed by atoms with Crippen molar-refractivity contribution in [2.24, 2.45) is 0 Å². The molecule has 1 fully saturated rings. The molecule has 190 valence electrons. The lowest BCUT2D eigenvalue weighted by atomic mass is 9.90. The van der Waals surface area contributed by atoms with Gasteiger partial charge in [0.1, 0.15) is 11.4 Å². The molecule has 0 saturated carbocycles. The summed E-state index contributed by atoms with van der Waals surface area (Å²) >= 11 is 0. The van der Waals surface area contributed by atoms with Crippen molar-refractivity contribution in [2.45, 2.75) is 59.0 Å². The van der Waals surface area contributed by atoms with E-state index in [9.17, 15) is 14.0 Å². The third kappa shape index (κ3) is 5.75. The number of hydrogen-bond donors (Lipinski definition) is 1. The molecule has 7 nitrogen and oxygen atoms in total. The van der Waals surface area contributed by atoms with Crippen LogP contribution in [0.5, 0.6) is 0 Å². The summed E-state index contributed by atoms with van der Waals surface area (Å²) in [5.41, 5.74) is 3.94. The SMILES string of the molecule is Cc1ccc(NC(=O)c2cnn(-c3cccc(F)c3)c2C2CCN(C(=O)OC(C)(C)C)CC2)c(C)c1. The predicted octanol–water partition coefficient (Wildman–Crippen LogP) is 6.00. The zero-order valence-electron chi connectivity index (χ0n) is 21.5. The molecule has 2 amide bonds. The maximum Gasteiger partial charge on any atom is 0.410 e. The zero-order valence-corrected chi connectivity index (χ0v) is 21.5. The van der Waals surface area contributed by atoms with Crippen LogP contribution in [0.25, 0.3) is 5.69 Å². The standard InChI is InChI=1S/C28H33FN4O3/c1-18-9-10-24(19(2)15-18)31-26(34)23-17-30-33(22-8-6-7-21(29)16-22)25(23)20-11-13-32(14-12-20)27(35)36-28(3,4)5/h6-10,15-17,20H,11-14H2,1-5H3,(H,31,34). The number of anilines is 1. The van der Waals surface area contributed by atoms with Crippen LogP contribution >= 0.6 is 0 Å².